The van der Waals surface area contributed by atoms with Gasteiger partial charge in [0.2, 0.25) is 5.91 Å². The second kappa shape index (κ2) is 8.43. The molecule has 2 N–H and O–H groups in total. The molecule has 0 unspecified atom stereocenters. The lowest BCUT2D eigenvalue weighted by Crippen LogP contribution is -2.47. The largest absolute Gasteiger partial charge is 0.350 e. The van der Waals surface area contributed by atoms with E-state index in [2.05, 4.69) is 15.7 Å². The van der Waals surface area contributed by atoms with Crippen molar-refractivity contribution in [3.8, 4) is 11.1 Å². The van der Waals surface area contributed by atoms with Crippen LogP contribution in [0.25, 0.3) is 11.1 Å². The number of halogens is 1. The van der Waals surface area contributed by atoms with Gasteiger partial charge in [0, 0.05) is 24.2 Å². The fourth-order valence-electron chi connectivity index (χ4n) is 3.32. The highest BCUT2D eigenvalue weighted by Gasteiger charge is 2.18. The van der Waals surface area contributed by atoms with E-state index >= 15 is 0 Å². The molecule has 1 atom stereocenters. The fraction of sp³-hybridized carbons (Fsp3) is 0.450. The lowest BCUT2D eigenvalue weighted by atomic mass is 9.98. The van der Waals surface area contributed by atoms with Crippen molar-refractivity contribution in [3.05, 3.63) is 52.2 Å². The van der Waals surface area contributed by atoms with Gasteiger partial charge in [-0.05, 0) is 43.0 Å². The Bertz CT molecular complexity index is 873. The molecule has 0 aliphatic carbocycles. The summed E-state index contributed by atoms with van der Waals surface area (Å²) in [6.07, 6.45) is 1.94. The van der Waals surface area contributed by atoms with Gasteiger partial charge < -0.3 is 10.6 Å². The van der Waals surface area contributed by atoms with E-state index in [0.717, 1.165) is 25.9 Å². The Morgan fingerprint density at radius 1 is 1.41 bits per heavy atom. The lowest BCUT2D eigenvalue weighted by molar-refractivity contribution is -0.122. The van der Waals surface area contributed by atoms with E-state index in [1.807, 2.05) is 13.8 Å². The van der Waals surface area contributed by atoms with Gasteiger partial charge in [0.15, 0.2) is 0 Å². The molecule has 1 aliphatic heterocycles. The minimum absolute atomic E-state index is 0.0146. The SMILES string of the molecule is CC(C)c1nn(CC(=O)N[C@@H]2CCCNC2)c(=O)cc1-c1cccc(F)c1. The number of piperidine rings is 1. The summed E-state index contributed by atoms with van der Waals surface area (Å²) < 4.78 is 14.8. The molecule has 1 fully saturated rings. The topological polar surface area (TPSA) is 76.0 Å². The van der Waals surface area contributed by atoms with Crippen molar-refractivity contribution in [3.63, 3.8) is 0 Å². The molecule has 2 heterocycles. The number of benzene rings is 1. The number of carbonyl (C=O) groups is 1. The summed E-state index contributed by atoms with van der Waals surface area (Å²) in [5.41, 5.74) is 1.48. The Labute approximate surface area is 157 Å². The third-order valence-corrected chi connectivity index (χ3v) is 4.66. The number of nitrogens with zero attached hydrogens (tertiary/aromatic N) is 2. The van der Waals surface area contributed by atoms with Crippen molar-refractivity contribution in [2.45, 2.75) is 45.2 Å². The molecule has 1 aliphatic rings. The normalized spacial score (nSPS) is 17.1. The van der Waals surface area contributed by atoms with Crippen LogP contribution in [0.2, 0.25) is 0 Å². The van der Waals surface area contributed by atoms with Gasteiger partial charge in [0.1, 0.15) is 12.4 Å². The van der Waals surface area contributed by atoms with Gasteiger partial charge in [-0.3, -0.25) is 9.59 Å². The smallest absolute Gasteiger partial charge is 0.267 e. The summed E-state index contributed by atoms with van der Waals surface area (Å²) in [4.78, 5) is 24.8. The molecule has 0 radical (unpaired) electrons. The van der Waals surface area contributed by atoms with Crippen molar-refractivity contribution in [2.24, 2.45) is 0 Å². The predicted molar refractivity (Wildman–Crippen MR) is 102 cm³/mol. The number of nitrogens with one attached hydrogen (secondary N) is 2. The quantitative estimate of drug-likeness (QED) is 0.842. The van der Waals surface area contributed by atoms with Gasteiger partial charge in [-0.1, -0.05) is 26.0 Å². The number of hydrogen-bond donors (Lipinski definition) is 2. The Kier molecular flexibility index (Phi) is 6.01. The molecule has 1 amide bonds. The first-order valence-corrected chi connectivity index (χ1v) is 9.32. The Balaban J connectivity index is 1.85. The molecule has 1 aromatic heterocycles. The van der Waals surface area contributed by atoms with Crippen LogP contribution in [0.5, 0.6) is 0 Å². The number of rotatable bonds is 5. The summed E-state index contributed by atoms with van der Waals surface area (Å²) >= 11 is 0. The molecule has 1 aromatic carbocycles. The minimum atomic E-state index is -0.379. The zero-order chi connectivity index (χ0) is 19.4. The highest BCUT2D eigenvalue weighted by molar-refractivity contribution is 5.76. The Morgan fingerprint density at radius 3 is 2.89 bits per heavy atom. The van der Waals surface area contributed by atoms with Crippen LogP contribution in [0.15, 0.2) is 35.1 Å². The number of carbonyl (C=O) groups excluding carboxylic acids is 1. The van der Waals surface area contributed by atoms with E-state index in [0.29, 0.717) is 16.8 Å². The van der Waals surface area contributed by atoms with Gasteiger partial charge in [-0.2, -0.15) is 5.10 Å². The third-order valence-electron chi connectivity index (χ3n) is 4.66. The van der Waals surface area contributed by atoms with Crippen LogP contribution in [-0.2, 0) is 11.3 Å². The van der Waals surface area contributed by atoms with Crippen LogP contribution in [-0.4, -0.2) is 34.8 Å². The summed E-state index contributed by atoms with van der Waals surface area (Å²) in [7, 11) is 0. The molecule has 3 rings (SSSR count). The molecule has 6 nitrogen and oxygen atoms in total. The van der Waals surface area contributed by atoms with Gasteiger partial charge in [0.25, 0.3) is 5.56 Å². The first kappa shape index (κ1) is 19.2. The van der Waals surface area contributed by atoms with Crippen LogP contribution in [0.4, 0.5) is 4.39 Å². The Morgan fingerprint density at radius 2 is 2.22 bits per heavy atom. The van der Waals surface area contributed by atoms with Crippen molar-refractivity contribution >= 4 is 5.91 Å². The maximum Gasteiger partial charge on any atom is 0.267 e. The molecule has 144 valence electrons. The third kappa shape index (κ3) is 4.80. The van der Waals surface area contributed by atoms with Gasteiger partial charge >= 0.3 is 0 Å². The molecule has 27 heavy (non-hydrogen) atoms. The first-order valence-electron chi connectivity index (χ1n) is 9.32. The zero-order valence-corrected chi connectivity index (χ0v) is 15.7. The highest BCUT2D eigenvalue weighted by atomic mass is 19.1. The summed E-state index contributed by atoms with van der Waals surface area (Å²) in [6.45, 7) is 5.48. The summed E-state index contributed by atoms with van der Waals surface area (Å²) in [5, 5.41) is 10.6. The van der Waals surface area contributed by atoms with Crippen LogP contribution in [0.3, 0.4) is 0 Å². The van der Waals surface area contributed by atoms with E-state index in [-0.39, 0.29) is 35.8 Å². The first-order chi connectivity index (χ1) is 12.9. The average Bonchev–Trinajstić information content (AvgIpc) is 2.63. The predicted octanol–water partition coefficient (Wildman–Crippen LogP) is 2.04. The lowest BCUT2D eigenvalue weighted by Gasteiger charge is -2.24. The molecular weight excluding hydrogens is 347 g/mol. The van der Waals surface area contributed by atoms with Crippen molar-refractivity contribution < 1.29 is 9.18 Å². The van der Waals surface area contributed by atoms with Crippen LogP contribution < -0.4 is 16.2 Å². The molecule has 0 spiro atoms. The van der Waals surface area contributed by atoms with Crippen LogP contribution >= 0.6 is 0 Å². The number of hydrogen-bond acceptors (Lipinski definition) is 4. The van der Waals surface area contributed by atoms with E-state index in [1.54, 1.807) is 12.1 Å². The monoisotopic (exact) mass is 372 g/mol. The second-order valence-corrected chi connectivity index (χ2v) is 7.21. The molecular formula is C20H25FN4O2. The zero-order valence-electron chi connectivity index (χ0n) is 15.7. The molecule has 2 aromatic rings. The van der Waals surface area contributed by atoms with Gasteiger partial charge in [-0.25, -0.2) is 9.07 Å². The highest BCUT2D eigenvalue weighted by Crippen LogP contribution is 2.26. The van der Waals surface area contributed by atoms with Crippen molar-refractivity contribution in [2.75, 3.05) is 13.1 Å². The molecule has 0 saturated carbocycles. The van der Waals surface area contributed by atoms with Crippen LogP contribution in [0, 0.1) is 5.82 Å². The maximum atomic E-state index is 13.6. The van der Waals surface area contributed by atoms with E-state index in [9.17, 15) is 14.0 Å². The van der Waals surface area contributed by atoms with Crippen LogP contribution in [0.1, 0.15) is 38.3 Å². The second-order valence-electron chi connectivity index (χ2n) is 7.21. The Hall–Kier alpha value is -2.54. The van der Waals surface area contributed by atoms with Crippen molar-refractivity contribution in [1.82, 2.24) is 20.4 Å². The fourth-order valence-corrected chi connectivity index (χ4v) is 3.32. The molecule has 1 saturated heterocycles. The summed E-state index contributed by atoms with van der Waals surface area (Å²) in [5.74, 6) is -0.584. The number of amides is 1. The van der Waals surface area contributed by atoms with E-state index in [1.165, 1.54) is 22.9 Å². The number of aromatic nitrogens is 2. The molecule has 7 heteroatoms. The van der Waals surface area contributed by atoms with E-state index in [4.69, 9.17) is 0 Å². The van der Waals surface area contributed by atoms with Gasteiger partial charge in [-0.15, -0.1) is 0 Å². The maximum absolute atomic E-state index is 13.6. The summed E-state index contributed by atoms with van der Waals surface area (Å²) in [6, 6.07) is 7.61. The van der Waals surface area contributed by atoms with E-state index < -0.39 is 0 Å². The standard InChI is InChI=1S/C20H25FN4O2/c1-13(2)20-17(14-5-3-6-15(21)9-14)10-19(27)25(24-20)12-18(26)23-16-7-4-8-22-11-16/h3,5-6,9-10,13,16,22H,4,7-8,11-12H2,1-2H3,(H,23,26)/t16-/m1/s1. The average molecular weight is 372 g/mol. The molecule has 0 bridgehead atoms. The minimum Gasteiger partial charge on any atom is -0.350 e. The van der Waals surface area contributed by atoms with Crippen molar-refractivity contribution in [1.29, 1.82) is 0 Å². The van der Waals surface area contributed by atoms with Gasteiger partial charge in [0.05, 0.1) is 5.69 Å².